The van der Waals surface area contributed by atoms with Gasteiger partial charge in [0.1, 0.15) is 0 Å². The highest BCUT2D eigenvalue weighted by molar-refractivity contribution is 5.82. The van der Waals surface area contributed by atoms with E-state index in [2.05, 4.69) is 13.8 Å². The molecule has 3 atom stereocenters. The van der Waals surface area contributed by atoms with E-state index in [-0.39, 0.29) is 5.91 Å². The Morgan fingerprint density at radius 2 is 2.25 bits per heavy atom. The first kappa shape index (κ1) is 13.5. The van der Waals surface area contributed by atoms with Gasteiger partial charge in [0.05, 0.1) is 6.04 Å². The summed E-state index contributed by atoms with van der Waals surface area (Å²) in [6.07, 6.45) is 2.78. The number of amides is 1. The molecule has 3 unspecified atom stereocenters. The summed E-state index contributed by atoms with van der Waals surface area (Å²) >= 11 is 0. The van der Waals surface area contributed by atoms with Crippen molar-refractivity contribution < 1.29 is 9.53 Å². The van der Waals surface area contributed by atoms with Crippen molar-refractivity contribution >= 4 is 5.91 Å². The molecule has 4 nitrogen and oxygen atoms in total. The van der Waals surface area contributed by atoms with E-state index in [0.29, 0.717) is 25.0 Å². The lowest BCUT2D eigenvalue weighted by Gasteiger charge is -2.37. The number of hydrogen-bond acceptors (Lipinski definition) is 3. The molecule has 0 aromatic heterocycles. The van der Waals surface area contributed by atoms with Crippen molar-refractivity contribution in [3.05, 3.63) is 0 Å². The molecule has 0 radical (unpaired) electrons. The molecule has 16 heavy (non-hydrogen) atoms. The molecule has 1 heterocycles. The summed E-state index contributed by atoms with van der Waals surface area (Å²) in [7, 11) is 1.63. The molecule has 1 aliphatic rings. The zero-order valence-electron chi connectivity index (χ0n) is 10.6. The van der Waals surface area contributed by atoms with Crippen molar-refractivity contribution in [1.82, 2.24) is 4.90 Å². The first-order valence-electron chi connectivity index (χ1n) is 6.11. The number of rotatable bonds is 4. The number of ether oxygens (including phenoxy) is 1. The van der Waals surface area contributed by atoms with E-state index in [1.165, 1.54) is 0 Å². The molecule has 0 spiro atoms. The van der Waals surface area contributed by atoms with Gasteiger partial charge in [-0.25, -0.2) is 0 Å². The second-order valence-corrected chi connectivity index (χ2v) is 4.90. The molecule has 1 rings (SSSR count). The first-order chi connectivity index (χ1) is 7.56. The highest BCUT2D eigenvalue weighted by Crippen LogP contribution is 2.22. The average Bonchev–Trinajstić information content (AvgIpc) is 2.25. The molecule has 0 bridgehead atoms. The molecule has 1 aliphatic heterocycles. The van der Waals surface area contributed by atoms with Crippen molar-refractivity contribution in [3.63, 3.8) is 0 Å². The van der Waals surface area contributed by atoms with E-state index in [4.69, 9.17) is 10.5 Å². The van der Waals surface area contributed by atoms with Crippen LogP contribution >= 0.6 is 0 Å². The molecule has 2 N–H and O–H groups in total. The molecular formula is C12H24N2O2. The Bertz CT molecular complexity index is 233. The van der Waals surface area contributed by atoms with Crippen LogP contribution in [0.2, 0.25) is 0 Å². The van der Waals surface area contributed by atoms with Crippen LogP contribution in [0, 0.1) is 5.92 Å². The fourth-order valence-electron chi connectivity index (χ4n) is 2.32. The number of piperidine rings is 1. The number of carbonyl (C=O) groups excluding carboxylic acids is 1. The van der Waals surface area contributed by atoms with Gasteiger partial charge in [0, 0.05) is 26.3 Å². The summed E-state index contributed by atoms with van der Waals surface area (Å²) in [4.78, 5) is 14.0. The Balaban J connectivity index is 2.46. The second-order valence-electron chi connectivity index (χ2n) is 4.90. The fraction of sp³-hybridized carbons (Fsp3) is 0.917. The third-order valence-corrected chi connectivity index (χ3v) is 3.37. The van der Waals surface area contributed by atoms with Crippen LogP contribution in [-0.4, -0.2) is 43.2 Å². The van der Waals surface area contributed by atoms with Crippen LogP contribution in [0.15, 0.2) is 0 Å². The van der Waals surface area contributed by atoms with Crippen molar-refractivity contribution in [1.29, 1.82) is 0 Å². The average molecular weight is 228 g/mol. The maximum absolute atomic E-state index is 12.1. The normalized spacial score (nSPS) is 27.9. The minimum Gasteiger partial charge on any atom is -0.385 e. The second kappa shape index (κ2) is 6.21. The van der Waals surface area contributed by atoms with Gasteiger partial charge in [-0.15, -0.1) is 0 Å². The highest BCUT2D eigenvalue weighted by Gasteiger charge is 2.29. The number of likely N-dealkylation sites (tertiary alicyclic amines) is 1. The van der Waals surface area contributed by atoms with Crippen LogP contribution in [0.4, 0.5) is 0 Å². The summed E-state index contributed by atoms with van der Waals surface area (Å²) in [5.74, 6) is 0.797. The van der Waals surface area contributed by atoms with Crippen LogP contribution in [0.25, 0.3) is 0 Å². The topological polar surface area (TPSA) is 55.6 Å². The summed E-state index contributed by atoms with van der Waals surface area (Å²) in [5.41, 5.74) is 5.86. The van der Waals surface area contributed by atoms with E-state index < -0.39 is 6.04 Å². The molecule has 0 aromatic carbocycles. The van der Waals surface area contributed by atoms with Gasteiger partial charge in [0.25, 0.3) is 0 Å². The number of methoxy groups -OCH3 is 1. The van der Waals surface area contributed by atoms with Crippen LogP contribution in [-0.2, 0) is 9.53 Å². The largest absolute Gasteiger partial charge is 0.385 e. The molecule has 4 heteroatoms. The standard InChI is InChI=1S/C12H24N2O2/c1-9-4-6-14(10(2)8-9)12(15)11(13)5-7-16-3/h9-11H,4-8,13H2,1-3H3. The molecule has 1 amide bonds. The minimum absolute atomic E-state index is 0.0800. The van der Waals surface area contributed by atoms with Gasteiger partial charge in [-0.1, -0.05) is 6.92 Å². The minimum atomic E-state index is -0.407. The summed E-state index contributed by atoms with van der Waals surface area (Å²) in [5, 5.41) is 0. The molecule has 1 fully saturated rings. The van der Waals surface area contributed by atoms with Crippen LogP contribution in [0.3, 0.4) is 0 Å². The lowest BCUT2D eigenvalue weighted by Crippen LogP contribution is -2.51. The summed E-state index contributed by atoms with van der Waals surface area (Å²) in [6.45, 7) is 5.74. The molecular weight excluding hydrogens is 204 g/mol. The van der Waals surface area contributed by atoms with Gasteiger partial charge in [-0.2, -0.15) is 0 Å². The lowest BCUT2D eigenvalue weighted by molar-refractivity contribution is -0.136. The Labute approximate surface area is 98.1 Å². The number of carbonyl (C=O) groups is 1. The predicted molar refractivity (Wildman–Crippen MR) is 64.0 cm³/mol. The lowest BCUT2D eigenvalue weighted by atomic mass is 9.93. The van der Waals surface area contributed by atoms with E-state index in [1.54, 1.807) is 7.11 Å². The zero-order valence-corrected chi connectivity index (χ0v) is 10.6. The summed E-state index contributed by atoms with van der Waals surface area (Å²) in [6, 6.07) is -0.0827. The third kappa shape index (κ3) is 3.46. The number of nitrogens with two attached hydrogens (primary N) is 1. The van der Waals surface area contributed by atoms with E-state index in [0.717, 1.165) is 19.4 Å². The molecule has 0 aliphatic carbocycles. The van der Waals surface area contributed by atoms with Crippen LogP contribution in [0.1, 0.15) is 33.1 Å². The van der Waals surface area contributed by atoms with E-state index >= 15 is 0 Å². The molecule has 1 saturated heterocycles. The maximum Gasteiger partial charge on any atom is 0.239 e. The van der Waals surface area contributed by atoms with Crippen molar-refractivity contribution in [3.8, 4) is 0 Å². The summed E-state index contributed by atoms with van der Waals surface area (Å²) < 4.78 is 4.94. The van der Waals surface area contributed by atoms with Gasteiger partial charge in [-0.3, -0.25) is 4.79 Å². The van der Waals surface area contributed by atoms with Crippen LogP contribution in [0.5, 0.6) is 0 Å². The molecule has 94 valence electrons. The molecule has 0 saturated carbocycles. The third-order valence-electron chi connectivity index (χ3n) is 3.37. The molecule has 0 aromatic rings. The van der Waals surface area contributed by atoms with Gasteiger partial charge < -0.3 is 15.4 Å². The van der Waals surface area contributed by atoms with Crippen molar-refractivity contribution in [2.75, 3.05) is 20.3 Å². The van der Waals surface area contributed by atoms with E-state index in [1.807, 2.05) is 4.90 Å². The van der Waals surface area contributed by atoms with Gasteiger partial charge in [0.15, 0.2) is 0 Å². The van der Waals surface area contributed by atoms with Crippen molar-refractivity contribution in [2.45, 2.75) is 45.2 Å². The Morgan fingerprint density at radius 3 is 2.81 bits per heavy atom. The monoisotopic (exact) mass is 228 g/mol. The SMILES string of the molecule is COCCC(N)C(=O)N1CCC(C)CC1C. The predicted octanol–water partition coefficient (Wildman–Crippen LogP) is 0.997. The maximum atomic E-state index is 12.1. The smallest absolute Gasteiger partial charge is 0.239 e. The number of nitrogens with zero attached hydrogens (tertiary/aromatic N) is 1. The quantitative estimate of drug-likeness (QED) is 0.781. The zero-order chi connectivity index (χ0) is 12.1. The number of hydrogen-bond donors (Lipinski definition) is 1. The van der Waals surface area contributed by atoms with E-state index in [9.17, 15) is 4.79 Å². The Morgan fingerprint density at radius 1 is 1.56 bits per heavy atom. The highest BCUT2D eigenvalue weighted by atomic mass is 16.5. The Kier molecular flexibility index (Phi) is 5.22. The Hall–Kier alpha value is -0.610. The van der Waals surface area contributed by atoms with Gasteiger partial charge in [-0.05, 0) is 32.1 Å². The van der Waals surface area contributed by atoms with Gasteiger partial charge >= 0.3 is 0 Å². The van der Waals surface area contributed by atoms with Gasteiger partial charge in [0.2, 0.25) is 5.91 Å². The first-order valence-corrected chi connectivity index (χ1v) is 6.11. The van der Waals surface area contributed by atoms with Crippen molar-refractivity contribution in [2.24, 2.45) is 11.7 Å². The van der Waals surface area contributed by atoms with Crippen LogP contribution < -0.4 is 5.73 Å². The fourth-order valence-corrected chi connectivity index (χ4v) is 2.32.